The first-order valence-corrected chi connectivity index (χ1v) is 5.95. The van der Waals surface area contributed by atoms with E-state index in [2.05, 4.69) is 20.9 Å². The minimum atomic E-state index is -0.0453. The second-order valence-electron chi connectivity index (χ2n) is 3.71. The number of amides is 1. The zero-order chi connectivity index (χ0) is 11.5. The highest BCUT2D eigenvalue weighted by Crippen LogP contribution is 2.14. The van der Waals surface area contributed by atoms with Crippen molar-refractivity contribution in [3.8, 4) is 0 Å². The number of morpholine rings is 1. The summed E-state index contributed by atoms with van der Waals surface area (Å²) >= 11 is 3.30. The number of halogens is 1. The number of rotatable bonds is 2. The molecule has 3 N–H and O–H groups in total. The minimum absolute atomic E-state index is 0.00699. The van der Waals surface area contributed by atoms with E-state index in [1.54, 1.807) is 17.2 Å². The number of nitrogens with zero attached hydrogens (tertiary/aromatic N) is 1. The lowest BCUT2D eigenvalue weighted by Crippen LogP contribution is -2.48. The number of aromatic amines is 1. The summed E-state index contributed by atoms with van der Waals surface area (Å²) in [5, 5.41) is 0. The van der Waals surface area contributed by atoms with Crippen LogP contribution in [0, 0.1) is 0 Å². The Morgan fingerprint density at radius 1 is 1.75 bits per heavy atom. The Labute approximate surface area is 102 Å². The predicted octanol–water partition coefficient (Wildman–Crippen LogP) is 0.577. The number of H-pyrrole nitrogens is 1. The first-order valence-electron chi connectivity index (χ1n) is 5.15. The lowest BCUT2D eigenvalue weighted by atomic mass is 10.2. The Balaban J connectivity index is 2.04. The molecule has 1 aromatic rings. The largest absolute Gasteiger partial charge is 0.373 e. The molecule has 5 nitrogen and oxygen atoms in total. The Bertz CT molecular complexity index is 380. The normalized spacial score (nSPS) is 21.1. The molecule has 1 unspecified atom stereocenters. The maximum Gasteiger partial charge on any atom is 0.270 e. The number of nitrogens with two attached hydrogens (primary N) is 1. The van der Waals surface area contributed by atoms with Crippen molar-refractivity contribution < 1.29 is 9.53 Å². The number of ether oxygens (including phenoxy) is 1. The Morgan fingerprint density at radius 2 is 2.56 bits per heavy atom. The van der Waals surface area contributed by atoms with Gasteiger partial charge in [-0.25, -0.2) is 0 Å². The highest BCUT2D eigenvalue weighted by Gasteiger charge is 2.24. The fourth-order valence-corrected chi connectivity index (χ4v) is 2.05. The van der Waals surface area contributed by atoms with Crippen LogP contribution < -0.4 is 5.73 Å². The smallest absolute Gasteiger partial charge is 0.270 e. The third-order valence-electron chi connectivity index (χ3n) is 2.57. The maximum absolute atomic E-state index is 12.1. The SMILES string of the molecule is NCC1CN(C(=O)c2cc(Br)c[nH]2)CCO1. The van der Waals surface area contributed by atoms with Gasteiger partial charge in [0, 0.05) is 30.3 Å². The molecule has 0 spiro atoms. The van der Waals surface area contributed by atoms with Crippen molar-refractivity contribution >= 4 is 21.8 Å². The molecule has 1 saturated heterocycles. The molecular formula is C10H14BrN3O2. The number of hydrogen-bond donors (Lipinski definition) is 2. The van der Waals surface area contributed by atoms with E-state index >= 15 is 0 Å². The second-order valence-corrected chi connectivity index (χ2v) is 4.63. The van der Waals surface area contributed by atoms with Gasteiger partial charge in [-0.05, 0) is 22.0 Å². The molecule has 2 heterocycles. The van der Waals surface area contributed by atoms with Gasteiger partial charge >= 0.3 is 0 Å². The summed E-state index contributed by atoms with van der Waals surface area (Å²) in [4.78, 5) is 16.7. The van der Waals surface area contributed by atoms with E-state index in [4.69, 9.17) is 10.5 Å². The number of carbonyl (C=O) groups excluding carboxylic acids is 1. The standard InChI is InChI=1S/C10H14BrN3O2/c11-7-3-9(13-5-7)10(15)14-1-2-16-8(4-12)6-14/h3,5,8,13H,1-2,4,6,12H2. The summed E-state index contributed by atoms with van der Waals surface area (Å²) in [5.41, 5.74) is 6.12. The quantitative estimate of drug-likeness (QED) is 0.836. The van der Waals surface area contributed by atoms with Gasteiger partial charge in [0.05, 0.1) is 12.7 Å². The number of nitrogens with one attached hydrogen (secondary N) is 1. The van der Waals surface area contributed by atoms with Gasteiger partial charge in [-0.2, -0.15) is 0 Å². The van der Waals surface area contributed by atoms with Crippen molar-refractivity contribution in [3.63, 3.8) is 0 Å². The van der Waals surface area contributed by atoms with Crippen LogP contribution >= 0.6 is 15.9 Å². The highest BCUT2D eigenvalue weighted by molar-refractivity contribution is 9.10. The molecule has 16 heavy (non-hydrogen) atoms. The summed E-state index contributed by atoms with van der Waals surface area (Å²) < 4.78 is 6.28. The minimum Gasteiger partial charge on any atom is -0.373 e. The topological polar surface area (TPSA) is 71.3 Å². The second kappa shape index (κ2) is 4.99. The number of aromatic nitrogens is 1. The fourth-order valence-electron chi connectivity index (χ4n) is 1.71. The maximum atomic E-state index is 12.1. The Morgan fingerprint density at radius 3 is 3.19 bits per heavy atom. The monoisotopic (exact) mass is 287 g/mol. The molecule has 0 aliphatic carbocycles. The summed E-state index contributed by atoms with van der Waals surface area (Å²) in [6, 6.07) is 1.77. The molecule has 0 bridgehead atoms. The van der Waals surface area contributed by atoms with Crippen LogP contribution in [0.2, 0.25) is 0 Å². The number of hydrogen-bond acceptors (Lipinski definition) is 3. The molecule has 1 fully saturated rings. The van der Waals surface area contributed by atoms with Crippen LogP contribution in [0.1, 0.15) is 10.5 Å². The van der Waals surface area contributed by atoms with Crippen LogP contribution in [0.3, 0.4) is 0 Å². The van der Waals surface area contributed by atoms with Gasteiger partial charge in [0.2, 0.25) is 0 Å². The van der Waals surface area contributed by atoms with E-state index in [0.29, 0.717) is 31.9 Å². The van der Waals surface area contributed by atoms with E-state index in [-0.39, 0.29) is 12.0 Å². The zero-order valence-electron chi connectivity index (χ0n) is 8.78. The average Bonchev–Trinajstić information content (AvgIpc) is 2.75. The van der Waals surface area contributed by atoms with Gasteiger partial charge in [-0.3, -0.25) is 4.79 Å². The Hall–Kier alpha value is -0.850. The molecule has 2 rings (SSSR count). The van der Waals surface area contributed by atoms with Crippen LogP contribution in [-0.4, -0.2) is 48.1 Å². The summed E-state index contributed by atoms with van der Waals surface area (Å²) in [7, 11) is 0. The highest BCUT2D eigenvalue weighted by atomic mass is 79.9. The van der Waals surface area contributed by atoms with Crippen molar-refractivity contribution in [1.29, 1.82) is 0 Å². The Kier molecular flexibility index (Phi) is 3.63. The van der Waals surface area contributed by atoms with Crippen LogP contribution in [0.25, 0.3) is 0 Å². The van der Waals surface area contributed by atoms with Crippen molar-refractivity contribution in [3.05, 3.63) is 22.4 Å². The van der Waals surface area contributed by atoms with Crippen molar-refractivity contribution in [2.24, 2.45) is 5.73 Å². The molecule has 1 aliphatic rings. The third-order valence-corrected chi connectivity index (χ3v) is 3.02. The van der Waals surface area contributed by atoms with Gasteiger partial charge in [0.1, 0.15) is 5.69 Å². The number of carbonyl (C=O) groups is 1. The van der Waals surface area contributed by atoms with Gasteiger partial charge in [0.25, 0.3) is 5.91 Å². The van der Waals surface area contributed by atoms with Crippen LogP contribution in [-0.2, 0) is 4.74 Å². The molecule has 1 amide bonds. The van der Waals surface area contributed by atoms with Crippen molar-refractivity contribution in [2.75, 3.05) is 26.2 Å². The van der Waals surface area contributed by atoms with Crippen LogP contribution in [0.5, 0.6) is 0 Å². The lowest BCUT2D eigenvalue weighted by molar-refractivity contribution is -0.0169. The molecule has 1 atom stereocenters. The van der Waals surface area contributed by atoms with E-state index in [1.807, 2.05) is 0 Å². The van der Waals surface area contributed by atoms with E-state index in [1.165, 1.54) is 0 Å². The van der Waals surface area contributed by atoms with Gasteiger partial charge in [-0.15, -0.1) is 0 Å². The van der Waals surface area contributed by atoms with E-state index in [9.17, 15) is 4.79 Å². The first kappa shape index (κ1) is 11.6. The molecule has 0 radical (unpaired) electrons. The summed E-state index contributed by atoms with van der Waals surface area (Å²) in [5.74, 6) is -0.00699. The average molecular weight is 288 g/mol. The molecule has 88 valence electrons. The molecular weight excluding hydrogens is 274 g/mol. The van der Waals surface area contributed by atoms with Crippen molar-refractivity contribution in [1.82, 2.24) is 9.88 Å². The molecule has 1 aromatic heterocycles. The molecule has 6 heteroatoms. The van der Waals surface area contributed by atoms with Gasteiger partial charge in [-0.1, -0.05) is 0 Å². The first-order chi connectivity index (χ1) is 7.70. The van der Waals surface area contributed by atoms with E-state index < -0.39 is 0 Å². The van der Waals surface area contributed by atoms with Crippen LogP contribution in [0.4, 0.5) is 0 Å². The fraction of sp³-hybridized carbons (Fsp3) is 0.500. The van der Waals surface area contributed by atoms with Crippen LogP contribution in [0.15, 0.2) is 16.7 Å². The van der Waals surface area contributed by atoms with Gasteiger partial charge < -0.3 is 20.4 Å². The van der Waals surface area contributed by atoms with Gasteiger partial charge in [0.15, 0.2) is 0 Å². The third kappa shape index (κ3) is 2.45. The summed E-state index contributed by atoms with van der Waals surface area (Å²) in [6.45, 7) is 2.17. The molecule has 0 saturated carbocycles. The van der Waals surface area contributed by atoms with Crippen molar-refractivity contribution in [2.45, 2.75) is 6.10 Å². The molecule has 1 aliphatic heterocycles. The van der Waals surface area contributed by atoms with E-state index in [0.717, 1.165) is 4.47 Å². The zero-order valence-corrected chi connectivity index (χ0v) is 10.4. The summed E-state index contributed by atoms with van der Waals surface area (Å²) in [6.07, 6.45) is 1.70. The lowest BCUT2D eigenvalue weighted by Gasteiger charge is -2.32. The predicted molar refractivity (Wildman–Crippen MR) is 63.2 cm³/mol. The molecule has 0 aromatic carbocycles.